The summed E-state index contributed by atoms with van der Waals surface area (Å²) in [6.07, 6.45) is 4.06. The molecule has 2 rings (SSSR count). The molecule has 0 fully saturated rings. The van der Waals surface area contributed by atoms with Crippen molar-refractivity contribution in [3.05, 3.63) is 54.0 Å². The van der Waals surface area contributed by atoms with Gasteiger partial charge in [-0.3, -0.25) is 4.98 Å². The molecule has 1 atom stereocenters. The molecule has 1 aromatic heterocycles. The van der Waals surface area contributed by atoms with Gasteiger partial charge in [-0.2, -0.15) is 0 Å². The maximum Gasteiger partial charge on any atom is 0.147 e. The molecule has 1 heterocycles. The van der Waals surface area contributed by atoms with Crippen molar-refractivity contribution in [1.82, 2.24) is 9.97 Å². The van der Waals surface area contributed by atoms with Crippen molar-refractivity contribution in [2.45, 2.75) is 19.4 Å². The van der Waals surface area contributed by atoms with Crippen LogP contribution in [-0.4, -0.2) is 27.7 Å². The Bertz CT molecular complexity index is 487. The fraction of sp³-hybridized carbons (Fsp3) is 0.286. The lowest BCUT2D eigenvalue weighted by Gasteiger charge is -2.17. The Morgan fingerprint density at radius 2 is 1.89 bits per heavy atom. The van der Waals surface area contributed by atoms with Gasteiger partial charge in [-0.05, 0) is 18.9 Å². The second-order valence-electron chi connectivity index (χ2n) is 4.20. The van der Waals surface area contributed by atoms with Crippen LogP contribution in [0.25, 0.3) is 0 Å². The third-order valence-electron chi connectivity index (χ3n) is 2.77. The summed E-state index contributed by atoms with van der Waals surface area (Å²) in [4.78, 5) is 8.39. The predicted molar refractivity (Wildman–Crippen MR) is 71.4 cm³/mol. The van der Waals surface area contributed by atoms with Crippen molar-refractivity contribution in [2.75, 3.05) is 11.9 Å². The van der Waals surface area contributed by atoms with E-state index in [0.29, 0.717) is 0 Å². The molecule has 0 spiro atoms. The van der Waals surface area contributed by atoms with Crippen molar-refractivity contribution >= 4 is 5.82 Å². The quantitative estimate of drug-likeness (QED) is 0.840. The van der Waals surface area contributed by atoms with Gasteiger partial charge in [-0.25, -0.2) is 4.98 Å². The maximum atomic E-state index is 9.43. The number of nitrogens with one attached hydrogen (secondary N) is 1. The van der Waals surface area contributed by atoms with Gasteiger partial charge >= 0.3 is 0 Å². The van der Waals surface area contributed by atoms with Crippen LogP contribution in [0.4, 0.5) is 5.82 Å². The fourth-order valence-corrected chi connectivity index (χ4v) is 1.80. The molecule has 0 saturated carbocycles. The first-order valence-electron chi connectivity index (χ1n) is 5.98. The number of aryl methyl sites for hydroxylation is 1. The van der Waals surface area contributed by atoms with E-state index in [1.54, 1.807) is 12.4 Å². The summed E-state index contributed by atoms with van der Waals surface area (Å²) in [6.45, 7) is 1.96. The van der Waals surface area contributed by atoms with Gasteiger partial charge in [0, 0.05) is 12.4 Å². The largest absolute Gasteiger partial charge is 0.394 e. The highest BCUT2D eigenvalue weighted by atomic mass is 16.3. The van der Waals surface area contributed by atoms with Gasteiger partial charge in [0.2, 0.25) is 0 Å². The number of nitrogens with zero attached hydrogens (tertiary/aromatic N) is 2. The van der Waals surface area contributed by atoms with Crippen molar-refractivity contribution < 1.29 is 5.11 Å². The molecule has 4 heteroatoms. The molecule has 0 radical (unpaired) electrons. The number of aliphatic hydroxyl groups is 1. The minimum atomic E-state index is -0.0530. The third-order valence-corrected chi connectivity index (χ3v) is 2.77. The molecule has 0 amide bonds. The van der Waals surface area contributed by atoms with E-state index in [-0.39, 0.29) is 12.6 Å². The summed E-state index contributed by atoms with van der Waals surface area (Å²) in [6, 6.07) is 10.0. The average molecular weight is 243 g/mol. The lowest BCUT2D eigenvalue weighted by molar-refractivity contribution is 0.273. The van der Waals surface area contributed by atoms with E-state index in [1.807, 2.05) is 37.3 Å². The van der Waals surface area contributed by atoms with E-state index in [2.05, 4.69) is 15.3 Å². The zero-order valence-corrected chi connectivity index (χ0v) is 10.4. The fourth-order valence-electron chi connectivity index (χ4n) is 1.80. The zero-order chi connectivity index (χ0) is 12.8. The molecule has 18 heavy (non-hydrogen) atoms. The molecule has 2 N–H and O–H groups in total. The normalized spacial score (nSPS) is 12.1. The predicted octanol–water partition coefficient (Wildman–Crippen LogP) is 1.80. The highest BCUT2D eigenvalue weighted by Gasteiger charge is 2.10. The first-order chi connectivity index (χ1) is 8.79. The summed E-state index contributed by atoms with van der Waals surface area (Å²) in [5, 5.41) is 12.7. The first-order valence-corrected chi connectivity index (χ1v) is 5.98. The molecule has 94 valence electrons. The molecule has 2 aromatic rings. The van der Waals surface area contributed by atoms with E-state index in [4.69, 9.17) is 0 Å². The van der Waals surface area contributed by atoms with E-state index >= 15 is 0 Å². The number of benzene rings is 1. The highest BCUT2D eigenvalue weighted by molar-refractivity contribution is 5.39. The van der Waals surface area contributed by atoms with Crippen LogP contribution >= 0.6 is 0 Å². The monoisotopic (exact) mass is 243 g/mol. The Hall–Kier alpha value is -1.94. The number of hydrogen-bond donors (Lipinski definition) is 2. The van der Waals surface area contributed by atoms with Crippen LogP contribution in [0, 0.1) is 6.92 Å². The van der Waals surface area contributed by atoms with Crippen molar-refractivity contribution in [3.8, 4) is 0 Å². The van der Waals surface area contributed by atoms with Gasteiger partial charge in [-0.15, -0.1) is 0 Å². The smallest absolute Gasteiger partial charge is 0.147 e. The Labute approximate surface area is 107 Å². The Kier molecular flexibility index (Phi) is 4.25. The van der Waals surface area contributed by atoms with E-state index < -0.39 is 0 Å². The molecular formula is C14H17N3O. The van der Waals surface area contributed by atoms with Crippen LogP contribution < -0.4 is 5.32 Å². The Morgan fingerprint density at radius 1 is 1.17 bits per heavy atom. The molecule has 4 nitrogen and oxygen atoms in total. The van der Waals surface area contributed by atoms with E-state index in [0.717, 1.165) is 17.9 Å². The van der Waals surface area contributed by atoms with Gasteiger partial charge in [0.15, 0.2) is 0 Å². The van der Waals surface area contributed by atoms with Crippen molar-refractivity contribution in [1.29, 1.82) is 0 Å². The summed E-state index contributed by atoms with van der Waals surface area (Å²) in [7, 11) is 0. The Morgan fingerprint density at radius 3 is 2.56 bits per heavy atom. The Balaban J connectivity index is 2.04. The number of anilines is 1. The van der Waals surface area contributed by atoms with Gasteiger partial charge < -0.3 is 10.4 Å². The van der Waals surface area contributed by atoms with Gasteiger partial charge in [-0.1, -0.05) is 30.3 Å². The molecule has 0 bridgehead atoms. The first kappa shape index (κ1) is 12.5. The summed E-state index contributed by atoms with van der Waals surface area (Å²) >= 11 is 0. The molecule has 0 aliphatic rings. The minimum Gasteiger partial charge on any atom is -0.394 e. The van der Waals surface area contributed by atoms with Crippen molar-refractivity contribution in [2.24, 2.45) is 0 Å². The molecule has 0 aliphatic carbocycles. The highest BCUT2D eigenvalue weighted by Crippen LogP contribution is 2.11. The van der Waals surface area contributed by atoms with Crippen LogP contribution in [0.15, 0.2) is 42.7 Å². The zero-order valence-electron chi connectivity index (χ0n) is 10.4. The minimum absolute atomic E-state index is 0.0530. The summed E-state index contributed by atoms with van der Waals surface area (Å²) in [5.74, 6) is 0.729. The maximum absolute atomic E-state index is 9.43. The van der Waals surface area contributed by atoms with E-state index in [9.17, 15) is 5.11 Å². The number of aromatic nitrogens is 2. The molecule has 1 unspecified atom stereocenters. The van der Waals surface area contributed by atoms with Crippen LogP contribution in [-0.2, 0) is 6.42 Å². The summed E-state index contributed by atoms with van der Waals surface area (Å²) in [5.41, 5.74) is 2.02. The van der Waals surface area contributed by atoms with Gasteiger partial charge in [0.1, 0.15) is 5.82 Å². The number of hydrogen-bond acceptors (Lipinski definition) is 4. The van der Waals surface area contributed by atoms with Gasteiger partial charge in [0.05, 0.1) is 18.3 Å². The molecule has 0 aliphatic heterocycles. The topological polar surface area (TPSA) is 58.0 Å². The lowest BCUT2D eigenvalue weighted by atomic mass is 10.1. The van der Waals surface area contributed by atoms with E-state index in [1.165, 1.54) is 5.56 Å². The van der Waals surface area contributed by atoms with Crippen LogP contribution in [0.5, 0.6) is 0 Å². The number of rotatable bonds is 5. The molecular weight excluding hydrogens is 226 g/mol. The SMILES string of the molecule is Cc1nccnc1NC(CO)Cc1ccccc1. The van der Waals surface area contributed by atoms with Crippen LogP contribution in [0.1, 0.15) is 11.3 Å². The van der Waals surface area contributed by atoms with Crippen LogP contribution in [0.2, 0.25) is 0 Å². The molecule has 1 aromatic carbocycles. The van der Waals surface area contributed by atoms with Crippen LogP contribution in [0.3, 0.4) is 0 Å². The number of aliphatic hydroxyl groups excluding tert-OH is 1. The average Bonchev–Trinajstić information content (AvgIpc) is 2.41. The standard InChI is InChI=1S/C14H17N3O/c1-11-14(16-8-7-15-11)17-13(10-18)9-12-5-3-2-4-6-12/h2-8,13,18H,9-10H2,1H3,(H,16,17). The van der Waals surface area contributed by atoms with Gasteiger partial charge in [0.25, 0.3) is 0 Å². The molecule has 0 saturated heterocycles. The summed E-state index contributed by atoms with van der Waals surface area (Å²) < 4.78 is 0. The van der Waals surface area contributed by atoms with Crippen molar-refractivity contribution in [3.63, 3.8) is 0 Å². The second kappa shape index (κ2) is 6.12. The third kappa shape index (κ3) is 3.28. The lowest BCUT2D eigenvalue weighted by Crippen LogP contribution is -2.27. The second-order valence-corrected chi connectivity index (χ2v) is 4.20.